The molecule has 7 atom stereocenters. The van der Waals surface area contributed by atoms with Crippen molar-refractivity contribution >= 4 is 35.6 Å². The van der Waals surface area contributed by atoms with Crippen molar-refractivity contribution in [3.05, 3.63) is 0 Å². The van der Waals surface area contributed by atoms with E-state index in [-0.39, 0.29) is 6.67 Å². The molecular formula is C9H17N2O14P3. The van der Waals surface area contributed by atoms with Crippen LogP contribution >= 0.6 is 23.5 Å². The van der Waals surface area contributed by atoms with E-state index in [1.807, 2.05) is 0 Å². The van der Waals surface area contributed by atoms with Crippen molar-refractivity contribution in [2.24, 2.45) is 10.9 Å². The van der Waals surface area contributed by atoms with Crippen LogP contribution in [0, 0.1) is 5.92 Å². The van der Waals surface area contributed by atoms with Gasteiger partial charge in [0, 0.05) is 6.21 Å². The summed E-state index contributed by atoms with van der Waals surface area (Å²) in [5, 5.41) is 22.3. The minimum Gasteiger partial charge on any atom is -0.388 e. The van der Waals surface area contributed by atoms with Crippen LogP contribution in [0.4, 0.5) is 0 Å². The third kappa shape index (κ3) is 6.47. The second-order valence-electron chi connectivity index (χ2n) is 5.56. The SMILES string of the molecule is O=C1NCN=CC1C1OC(COP(=O)(O)OP(=O)(O)OP(=O)(O)O)C(O)C1O. The van der Waals surface area contributed by atoms with E-state index in [1.165, 1.54) is 6.21 Å². The fourth-order valence-corrected chi connectivity index (χ4v) is 5.42. The van der Waals surface area contributed by atoms with Gasteiger partial charge in [0.25, 0.3) is 0 Å². The highest BCUT2D eigenvalue weighted by atomic mass is 31.3. The zero-order chi connectivity index (χ0) is 21.3. The third-order valence-corrected chi connectivity index (χ3v) is 7.29. The first-order valence-electron chi connectivity index (χ1n) is 7.28. The summed E-state index contributed by atoms with van der Waals surface area (Å²) >= 11 is 0. The zero-order valence-electron chi connectivity index (χ0n) is 13.6. The van der Waals surface area contributed by atoms with Crippen molar-refractivity contribution in [1.82, 2.24) is 5.32 Å². The molecule has 162 valence electrons. The molecule has 0 saturated carbocycles. The van der Waals surface area contributed by atoms with Crippen molar-refractivity contribution in [2.75, 3.05) is 13.3 Å². The Morgan fingerprint density at radius 3 is 2.32 bits per heavy atom. The molecular weight excluding hydrogens is 453 g/mol. The van der Waals surface area contributed by atoms with Crippen molar-refractivity contribution < 1.29 is 66.2 Å². The van der Waals surface area contributed by atoms with Gasteiger partial charge in [-0.25, -0.2) is 13.7 Å². The third-order valence-electron chi connectivity index (χ3n) is 3.48. The fourth-order valence-electron chi connectivity index (χ4n) is 2.39. The molecule has 0 aromatic rings. The quantitative estimate of drug-likeness (QED) is 0.183. The molecule has 7 N–H and O–H groups in total. The lowest BCUT2D eigenvalue weighted by Crippen LogP contribution is -2.46. The highest BCUT2D eigenvalue weighted by Crippen LogP contribution is 2.66. The maximum absolute atomic E-state index is 11.8. The Bertz CT molecular complexity index is 767. The number of carbonyl (C=O) groups excluding carboxylic acids is 1. The monoisotopic (exact) mass is 470 g/mol. The molecule has 7 unspecified atom stereocenters. The van der Waals surface area contributed by atoms with E-state index in [4.69, 9.17) is 19.4 Å². The van der Waals surface area contributed by atoms with E-state index in [1.54, 1.807) is 0 Å². The maximum Gasteiger partial charge on any atom is 0.490 e. The smallest absolute Gasteiger partial charge is 0.388 e. The van der Waals surface area contributed by atoms with Gasteiger partial charge < -0.3 is 39.8 Å². The maximum atomic E-state index is 11.8. The van der Waals surface area contributed by atoms with E-state index < -0.39 is 66.3 Å². The number of hydrogen-bond donors (Lipinski definition) is 7. The number of carbonyl (C=O) groups is 1. The Morgan fingerprint density at radius 1 is 1.11 bits per heavy atom. The fraction of sp³-hybridized carbons (Fsp3) is 0.778. The van der Waals surface area contributed by atoms with E-state index >= 15 is 0 Å². The van der Waals surface area contributed by atoms with E-state index in [2.05, 4.69) is 23.5 Å². The number of rotatable bonds is 8. The summed E-state index contributed by atoms with van der Waals surface area (Å²) in [5.41, 5.74) is 0. The highest BCUT2D eigenvalue weighted by molar-refractivity contribution is 7.66. The normalized spacial score (nSPS) is 35.2. The molecule has 1 saturated heterocycles. The first kappa shape index (κ1) is 23.7. The van der Waals surface area contributed by atoms with E-state index in [0.29, 0.717) is 0 Å². The number of aliphatic hydroxyl groups is 2. The summed E-state index contributed by atoms with van der Waals surface area (Å²) in [5.74, 6) is -1.60. The van der Waals surface area contributed by atoms with Crippen LogP contribution in [0.3, 0.4) is 0 Å². The molecule has 28 heavy (non-hydrogen) atoms. The minimum atomic E-state index is -5.69. The van der Waals surface area contributed by atoms with Crippen LogP contribution in [0.1, 0.15) is 0 Å². The number of aliphatic imine (C=N–C) groups is 1. The molecule has 0 aliphatic carbocycles. The summed E-state index contributed by atoms with van der Waals surface area (Å²) in [7, 11) is -16.6. The number of phosphoric acid groups is 3. The van der Waals surface area contributed by atoms with Crippen LogP contribution in [0.25, 0.3) is 0 Å². The van der Waals surface area contributed by atoms with Gasteiger partial charge in [-0.2, -0.15) is 8.62 Å². The molecule has 0 radical (unpaired) electrons. The van der Waals surface area contributed by atoms with Gasteiger partial charge in [0.2, 0.25) is 5.91 Å². The van der Waals surface area contributed by atoms with Gasteiger partial charge in [0.05, 0.1) is 6.61 Å². The number of hydrogen-bond acceptors (Lipinski definition) is 11. The van der Waals surface area contributed by atoms with E-state index in [0.717, 1.165) is 0 Å². The second-order valence-corrected chi connectivity index (χ2v) is 9.98. The molecule has 0 aromatic heterocycles. The van der Waals surface area contributed by atoms with Gasteiger partial charge in [0.1, 0.15) is 37.0 Å². The van der Waals surface area contributed by atoms with E-state index in [9.17, 15) is 33.6 Å². The topological polar surface area (TPSA) is 251 Å². The van der Waals surface area contributed by atoms with Crippen LogP contribution < -0.4 is 5.32 Å². The average Bonchev–Trinajstić information content (AvgIpc) is 2.78. The molecule has 0 spiro atoms. The number of ether oxygens (including phenoxy) is 1. The Labute approximate surface area is 156 Å². The molecule has 1 fully saturated rings. The van der Waals surface area contributed by atoms with Crippen LogP contribution in [0.2, 0.25) is 0 Å². The largest absolute Gasteiger partial charge is 0.490 e. The van der Waals surface area contributed by atoms with Crippen LogP contribution in [0.15, 0.2) is 4.99 Å². The van der Waals surface area contributed by atoms with Crippen LogP contribution in [-0.2, 0) is 36.4 Å². The minimum absolute atomic E-state index is 0.0240. The van der Waals surface area contributed by atoms with Crippen LogP contribution in [-0.4, -0.2) is 79.6 Å². The van der Waals surface area contributed by atoms with Crippen molar-refractivity contribution in [1.29, 1.82) is 0 Å². The Morgan fingerprint density at radius 2 is 1.75 bits per heavy atom. The predicted molar refractivity (Wildman–Crippen MR) is 85.5 cm³/mol. The summed E-state index contributed by atoms with van der Waals surface area (Å²) in [4.78, 5) is 50.9. The molecule has 16 nitrogen and oxygen atoms in total. The predicted octanol–water partition coefficient (Wildman–Crippen LogP) is -2.41. The van der Waals surface area contributed by atoms with Gasteiger partial charge in [-0.15, -0.1) is 0 Å². The second kappa shape index (κ2) is 8.66. The molecule has 2 rings (SSSR count). The number of amides is 1. The zero-order valence-corrected chi connectivity index (χ0v) is 16.3. The molecule has 2 aliphatic heterocycles. The van der Waals surface area contributed by atoms with Gasteiger partial charge in [0.15, 0.2) is 0 Å². The summed E-state index contributed by atoms with van der Waals surface area (Å²) < 4.78 is 50.1. The van der Waals surface area contributed by atoms with Crippen LogP contribution in [0.5, 0.6) is 0 Å². The molecule has 2 aliphatic rings. The first-order valence-corrected chi connectivity index (χ1v) is 11.8. The molecule has 0 aromatic carbocycles. The number of nitrogens with zero attached hydrogens (tertiary/aromatic N) is 1. The molecule has 1 amide bonds. The van der Waals surface area contributed by atoms with Crippen molar-refractivity contribution in [2.45, 2.75) is 24.4 Å². The highest BCUT2D eigenvalue weighted by Gasteiger charge is 2.49. The Kier molecular flexibility index (Phi) is 7.33. The summed E-state index contributed by atoms with van der Waals surface area (Å²) in [6, 6.07) is 0. The van der Waals surface area contributed by atoms with Crippen molar-refractivity contribution in [3.8, 4) is 0 Å². The number of aliphatic hydroxyl groups excluding tert-OH is 2. The first-order chi connectivity index (χ1) is 12.7. The van der Waals surface area contributed by atoms with Gasteiger partial charge >= 0.3 is 23.5 Å². The summed E-state index contributed by atoms with van der Waals surface area (Å²) in [6.07, 6.45) is -4.82. The van der Waals surface area contributed by atoms with Gasteiger partial charge in [-0.05, 0) is 0 Å². The Balaban J connectivity index is 1.98. The lowest BCUT2D eigenvalue weighted by molar-refractivity contribution is -0.129. The number of nitrogens with one attached hydrogen (secondary N) is 1. The average molecular weight is 470 g/mol. The lowest BCUT2D eigenvalue weighted by atomic mass is 9.95. The molecule has 19 heteroatoms. The standard InChI is InChI=1S/C9H17N2O14P3/c12-6-5(23-8(7(6)13)4-1-10-3-11-9(4)14)2-22-27(18,19)25-28(20,21)24-26(15,16)17/h1,4-8,12-13H,2-3H2,(H,11,14)(H,18,19)(H,20,21)(H2,15,16,17). The van der Waals surface area contributed by atoms with Gasteiger partial charge in [-0.3, -0.25) is 14.3 Å². The molecule has 2 heterocycles. The summed E-state index contributed by atoms with van der Waals surface area (Å²) in [6.45, 7) is -0.944. The molecule has 0 bridgehead atoms. The van der Waals surface area contributed by atoms with Crippen molar-refractivity contribution in [3.63, 3.8) is 0 Å². The lowest BCUT2D eigenvalue weighted by Gasteiger charge is -2.24. The number of phosphoric ester groups is 1. The van der Waals surface area contributed by atoms with Gasteiger partial charge in [-0.1, -0.05) is 0 Å². The Hall–Kier alpha value is -0.570.